The summed E-state index contributed by atoms with van der Waals surface area (Å²) in [4.78, 5) is 16.0. The van der Waals surface area contributed by atoms with Gasteiger partial charge >= 0.3 is 0 Å². The van der Waals surface area contributed by atoms with Crippen LogP contribution < -0.4 is 11.5 Å². The minimum Gasteiger partial charge on any atom is -0.383 e. The fourth-order valence-electron chi connectivity index (χ4n) is 1.96. The lowest BCUT2D eigenvalue weighted by molar-refractivity contribution is 0.0978. The van der Waals surface area contributed by atoms with Gasteiger partial charge in [0.15, 0.2) is 5.78 Å². The maximum absolute atomic E-state index is 12.1. The van der Waals surface area contributed by atoms with Gasteiger partial charge in [0.05, 0.1) is 10.6 Å². The Morgan fingerprint density at radius 3 is 2.70 bits per heavy atom. The Labute approximate surface area is 122 Å². The molecule has 1 unspecified atom stereocenters. The minimum atomic E-state index is -0.173. The van der Waals surface area contributed by atoms with E-state index in [1.165, 1.54) is 6.20 Å². The van der Waals surface area contributed by atoms with Gasteiger partial charge in [-0.25, -0.2) is 4.98 Å². The van der Waals surface area contributed by atoms with Crippen molar-refractivity contribution >= 4 is 23.2 Å². The van der Waals surface area contributed by atoms with Crippen LogP contribution in [0.4, 0.5) is 5.82 Å². The van der Waals surface area contributed by atoms with Gasteiger partial charge in [-0.2, -0.15) is 0 Å². The zero-order valence-corrected chi connectivity index (χ0v) is 11.7. The Balaban J connectivity index is 2.00. The minimum absolute atomic E-state index is 0.0936. The number of hydrogen-bond acceptors (Lipinski definition) is 4. The van der Waals surface area contributed by atoms with Crippen LogP contribution in [0.1, 0.15) is 34.8 Å². The molecule has 2 aromatic rings. The zero-order valence-electron chi connectivity index (χ0n) is 10.9. The van der Waals surface area contributed by atoms with Gasteiger partial charge in [0, 0.05) is 18.7 Å². The summed E-state index contributed by atoms with van der Waals surface area (Å²) in [5.74, 6) is 0.108. The lowest BCUT2D eigenvalue weighted by Crippen LogP contribution is -2.13. The third-order valence-corrected chi connectivity index (χ3v) is 3.30. The van der Waals surface area contributed by atoms with Crippen molar-refractivity contribution in [1.82, 2.24) is 4.98 Å². The summed E-state index contributed by atoms with van der Waals surface area (Å²) in [5.41, 5.74) is 13.1. The molecule has 20 heavy (non-hydrogen) atoms. The summed E-state index contributed by atoms with van der Waals surface area (Å²) in [6.45, 7) is 0. The second kappa shape index (κ2) is 6.50. The molecule has 4 nitrogen and oxygen atoms in total. The molecule has 1 atom stereocenters. The number of Topliss-reactive ketones (excluding diaryl/α,β-unsaturated/α-hetero) is 1. The SMILES string of the molecule is Nc1ncc(Cl)cc1C(=O)CCC(N)c1ccccc1. The van der Waals surface area contributed by atoms with Crippen LogP contribution in [0.2, 0.25) is 5.02 Å². The summed E-state index contributed by atoms with van der Waals surface area (Å²) < 4.78 is 0. The summed E-state index contributed by atoms with van der Waals surface area (Å²) >= 11 is 5.82. The number of nitrogens with two attached hydrogens (primary N) is 2. The molecule has 4 N–H and O–H groups in total. The van der Waals surface area contributed by atoms with E-state index in [1.807, 2.05) is 30.3 Å². The van der Waals surface area contributed by atoms with Crippen LogP contribution in [0.5, 0.6) is 0 Å². The molecule has 0 spiro atoms. The molecular weight excluding hydrogens is 274 g/mol. The molecule has 1 aromatic carbocycles. The number of benzene rings is 1. The second-order valence-corrected chi connectivity index (χ2v) is 5.00. The fraction of sp³-hybridized carbons (Fsp3) is 0.200. The van der Waals surface area contributed by atoms with E-state index in [0.717, 1.165) is 5.56 Å². The first-order chi connectivity index (χ1) is 9.58. The monoisotopic (exact) mass is 289 g/mol. The number of carbonyl (C=O) groups excluding carboxylic acids is 1. The molecule has 0 aliphatic heterocycles. The van der Waals surface area contributed by atoms with Crippen LogP contribution in [-0.4, -0.2) is 10.8 Å². The maximum atomic E-state index is 12.1. The van der Waals surface area contributed by atoms with E-state index in [0.29, 0.717) is 23.4 Å². The van der Waals surface area contributed by atoms with E-state index >= 15 is 0 Å². The van der Waals surface area contributed by atoms with Gasteiger partial charge in [0.2, 0.25) is 0 Å². The number of nitrogens with zero attached hydrogens (tertiary/aromatic N) is 1. The van der Waals surface area contributed by atoms with Gasteiger partial charge in [-0.05, 0) is 18.1 Å². The average Bonchev–Trinajstić information content (AvgIpc) is 2.47. The highest BCUT2D eigenvalue weighted by Gasteiger charge is 2.14. The van der Waals surface area contributed by atoms with Crippen molar-refractivity contribution in [3.8, 4) is 0 Å². The number of halogens is 1. The Kier molecular flexibility index (Phi) is 4.71. The topological polar surface area (TPSA) is 82.0 Å². The zero-order chi connectivity index (χ0) is 14.5. The molecule has 0 fully saturated rings. The first kappa shape index (κ1) is 14.5. The molecular formula is C15H16ClN3O. The molecule has 5 heteroatoms. The van der Waals surface area contributed by atoms with E-state index in [9.17, 15) is 4.79 Å². The second-order valence-electron chi connectivity index (χ2n) is 4.57. The quantitative estimate of drug-likeness (QED) is 0.829. The maximum Gasteiger partial charge on any atom is 0.166 e. The molecule has 1 aromatic heterocycles. The first-order valence-corrected chi connectivity index (χ1v) is 6.70. The molecule has 0 saturated carbocycles. The third kappa shape index (κ3) is 3.56. The molecule has 0 aliphatic carbocycles. The predicted molar refractivity (Wildman–Crippen MR) is 80.6 cm³/mol. The van der Waals surface area contributed by atoms with E-state index in [2.05, 4.69) is 4.98 Å². The van der Waals surface area contributed by atoms with Crippen molar-refractivity contribution in [2.24, 2.45) is 5.73 Å². The van der Waals surface area contributed by atoms with Crippen molar-refractivity contribution in [1.29, 1.82) is 0 Å². The van der Waals surface area contributed by atoms with Gasteiger partial charge in [0.1, 0.15) is 5.82 Å². The molecule has 0 amide bonds. The molecule has 0 aliphatic rings. The summed E-state index contributed by atoms with van der Waals surface area (Å²) in [5, 5.41) is 0.398. The Hall–Kier alpha value is -1.91. The van der Waals surface area contributed by atoms with Gasteiger partial charge in [-0.3, -0.25) is 4.79 Å². The van der Waals surface area contributed by atoms with E-state index in [1.54, 1.807) is 6.07 Å². The van der Waals surface area contributed by atoms with Gasteiger partial charge in [0.25, 0.3) is 0 Å². The number of rotatable bonds is 5. The Morgan fingerprint density at radius 1 is 1.30 bits per heavy atom. The highest BCUT2D eigenvalue weighted by atomic mass is 35.5. The third-order valence-electron chi connectivity index (χ3n) is 3.10. The first-order valence-electron chi connectivity index (χ1n) is 6.32. The molecule has 0 saturated heterocycles. The van der Waals surface area contributed by atoms with Gasteiger partial charge < -0.3 is 11.5 Å². The number of anilines is 1. The summed E-state index contributed by atoms with van der Waals surface area (Å²) in [7, 11) is 0. The normalized spacial score (nSPS) is 12.1. The van der Waals surface area contributed by atoms with Crippen molar-refractivity contribution in [3.05, 3.63) is 58.7 Å². The van der Waals surface area contributed by atoms with E-state index in [-0.39, 0.29) is 17.6 Å². The Morgan fingerprint density at radius 2 is 2.00 bits per heavy atom. The van der Waals surface area contributed by atoms with Crippen LogP contribution in [0.15, 0.2) is 42.6 Å². The van der Waals surface area contributed by atoms with Crippen molar-refractivity contribution in [2.75, 3.05) is 5.73 Å². The number of pyridine rings is 1. The van der Waals surface area contributed by atoms with Crippen LogP contribution in [0.3, 0.4) is 0 Å². The highest BCUT2D eigenvalue weighted by molar-refractivity contribution is 6.31. The molecule has 0 bridgehead atoms. The summed E-state index contributed by atoms with van der Waals surface area (Å²) in [6, 6.07) is 11.1. The molecule has 2 rings (SSSR count). The van der Waals surface area contributed by atoms with Gasteiger partial charge in [-0.1, -0.05) is 41.9 Å². The smallest absolute Gasteiger partial charge is 0.166 e. The van der Waals surface area contributed by atoms with Crippen LogP contribution in [0, 0.1) is 0 Å². The van der Waals surface area contributed by atoms with Gasteiger partial charge in [-0.15, -0.1) is 0 Å². The summed E-state index contributed by atoms with van der Waals surface area (Å²) in [6.07, 6.45) is 2.28. The van der Waals surface area contributed by atoms with Crippen LogP contribution in [-0.2, 0) is 0 Å². The number of aromatic nitrogens is 1. The fourth-order valence-corrected chi connectivity index (χ4v) is 2.12. The number of nitrogen functional groups attached to an aromatic ring is 1. The molecule has 0 radical (unpaired) electrons. The average molecular weight is 290 g/mol. The standard InChI is InChI=1S/C15H16ClN3O/c16-11-8-12(15(18)19-9-11)14(20)7-6-13(17)10-4-2-1-3-5-10/h1-5,8-9,13H,6-7,17H2,(H2,18,19). The van der Waals surface area contributed by atoms with Crippen LogP contribution in [0.25, 0.3) is 0 Å². The Bertz CT molecular complexity index is 601. The van der Waals surface area contributed by atoms with Crippen molar-refractivity contribution in [3.63, 3.8) is 0 Å². The lowest BCUT2D eigenvalue weighted by Gasteiger charge is -2.11. The largest absolute Gasteiger partial charge is 0.383 e. The van der Waals surface area contributed by atoms with Crippen molar-refractivity contribution in [2.45, 2.75) is 18.9 Å². The van der Waals surface area contributed by atoms with E-state index < -0.39 is 0 Å². The molecule has 104 valence electrons. The molecule has 1 heterocycles. The predicted octanol–water partition coefficient (Wildman–Crippen LogP) is 2.98. The van der Waals surface area contributed by atoms with E-state index in [4.69, 9.17) is 23.1 Å². The van der Waals surface area contributed by atoms with Crippen LogP contribution >= 0.6 is 11.6 Å². The highest BCUT2D eigenvalue weighted by Crippen LogP contribution is 2.20. The number of ketones is 1. The lowest BCUT2D eigenvalue weighted by atomic mass is 9.99. The van der Waals surface area contributed by atoms with Crippen molar-refractivity contribution < 1.29 is 4.79 Å². The number of hydrogen-bond donors (Lipinski definition) is 2. The number of carbonyl (C=O) groups is 1.